The molecule has 0 aliphatic carbocycles. The van der Waals surface area contributed by atoms with Crippen molar-refractivity contribution in [2.24, 2.45) is 0 Å². The van der Waals surface area contributed by atoms with Crippen molar-refractivity contribution in [3.05, 3.63) is 93.7 Å². The van der Waals surface area contributed by atoms with Gasteiger partial charge in [0.1, 0.15) is 17.0 Å². The van der Waals surface area contributed by atoms with Crippen molar-refractivity contribution in [2.75, 3.05) is 5.32 Å². The van der Waals surface area contributed by atoms with Gasteiger partial charge in [-0.15, -0.1) is 0 Å². The third kappa shape index (κ3) is 4.10. The summed E-state index contributed by atoms with van der Waals surface area (Å²) in [6.45, 7) is 3.97. The SMILES string of the molecule is Cc1cc2nc(-c3ccc(NC(=O)c4ccc(-c5ccccc5[N+](=O)[O-])o4)cc3O)oc2cc1C. The monoisotopic (exact) mass is 469 g/mol. The number of anilines is 1. The second kappa shape index (κ2) is 8.45. The van der Waals surface area contributed by atoms with Crippen LogP contribution in [0.3, 0.4) is 0 Å². The minimum Gasteiger partial charge on any atom is -0.507 e. The Labute approximate surface area is 198 Å². The first-order valence-corrected chi connectivity index (χ1v) is 10.7. The van der Waals surface area contributed by atoms with Gasteiger partial charge >= 0.3 is 0 Å². The summed E-state index contributed by atoms with van der Waals surface area (Å²) < 4.78 is 11.4. The quantitative estimate of drug-likeness (QED) is 0.230. The molecule has 9 nitrogen and oxygen atoms in total. The van der Waals surface area contributed by atoms with Crippen molar-refractivity contribution in [3.8, 4) is 28.5 Å². The van der Waals surface area contributed by atoms with Gasteiger partial charge in [0, 0.05) is 17.8 Å². The molecule has 3 aromatic carbocycles. The van der Waals surface area contributed by atoms with Crippen molar-refractivity contribution < 1.29 is 23.7 Å². The van der Waals surface area contributed by atoms with E-state index in [1.54, 1.807) is 30.3 Å². The molecule has 2 heterocycles. The topological polar surface area (TPSA) is 132 Å². The molecule has 2 aromatic heterocycles. The van der Waals surface area contributed by atoms with Gasteiger partial charge in [0.2, 0.25) is 5.89 Å². The predicted octanol–water partition coefficient (Wildman–Crippen LogP) is 6.24. The zero-order chi connectivity index (χ0) is 24.7. The van der Waals surface area contributed by atoms with Crippen LogP contribution in [0.2, 0.25) is 0 Å². The van der Waals surface area contributed by atoms with E-state index >= 15 is 0 Å². The maximum Gasteiger partial charge on any atom is 0.291 e. The number of carbonyl (C=O) groups excluding carboxylic acids is 1. The summed E-state index contributed by atoms with van der Waals surface area (Å²) in [7, 11) is 0. The Bertz CT molecular complexity index is 1580. The molecule has 0 aliphatic rings. The molecule has 0 fully saturated rings. The normalized spacial score (nSPS) is 11.0. The van der Waals surface area contributed by atoms with E-state index in [4.69, 9.17) is 8.83 Å². The highest BCUT2D eigenvalue weighted by Gasteiger charge is 2.20. The Morgan fingerprint density at radius 3 is 2.51 bits per heavy atom. The lowest BCUT2D eigenvalue weighted by Gasteiger charge is -2.06. The number of aromatic nitrogens is 1. The average Bonchev–Trinajstić information content (AvgIpc) is 3.47. The first kappa shape index (κ1) is 21.9. The van der Waals surface area contributed by atoms with Crippen molar-refractivity contribution in [1.29, 1.82) is 0 Å². The number of carbonyl (C=O) groups is 1. The average molecular weight is 469 g/mol. The molecule has 9 heteroatoms. The minimum absolute atomic E-state index is 0.0357. The maximum atomic E-state index is 12.7. The van der Waals surface area contributed by atoms with Crippen LogP contribution in [0.5, 0.6) is 5.75 Å². The number of para-hydroxylation sites is 1. The number of aryl methyl sites for hydroxylation is 2. The lowest BCUT2D eigenvalue weighted by Crippen LogP contribution is -2.10. The van der Waals surface area contributed by atoms with Crippen molar-refractivity contribution in [2.45, 2.75) is 13.8 Å². The van der Waals surface area contributed by atoms with Crippen LogP contribution in [0.1, 0.15) is 21.7 Å². The number of hydrogen-bond acceptors (Lipinski definition) is 7. The summed E-state index contributed by atoms with van der Waals surface area (Å²) in [5, 5.41) is 24.5. The van der Waals surface area contributed by atoms with Crippen LogP contribution in [0.4, 0.5) is 11.4 Å². The summed E-state index contributed by atoms with van der Waals surface area (Å²) in [6, 6.07) is 17.4. The standard InChI is InChI=1S/C26H19N3O6/c1-14-11-19-24(12-15(14)2)35-26(28-19)18-8-7-16(13-21(18)30)27-25(31)23-10-9-22(34-23)17-5-3-4-6-20(17)29(32)33/h3-13,30H,1-2H3,(H,27,31). The van der Waals surface area contributed by atoms with E-state index in [1.165, 1.54) is 24.3 Å². The second-order valence-corrected chi connectivity index (χ2v) is 8.05. The molecule has 0 spiro atoms. The van der Waals surface area contributed by atoms with Crippen LogP contribution in [-0.4, -0.2) is 20.9 Å². The molecule has 0 saturated heterocycles. The number of oxazole rings is 1. The number of rotatable bonds is 5. The number of nitro groups is 1. The van der Waals surface area contributed by atoms with Crippen LogP contribution in [-0.2, 0) is 0 Å². The van der Waals surface area contributed by atoms with Gasteiger partial charge in [-0.25, -0.2) is 4.98 Å². The second-order valence-electron chi connectivity index (χ2n) is 8.05. The Morgan fingerprint density at radius 2 is 1.74 bits per heavy atom. The molecule has 5 aromatic rings. The molecule has 0 radical (unpaired) electrons. The van der Waals surface area contributed by atoms with Crippen molar-refractivity contribution in [1.82, 2.24) is 4.98 Å². The molecule has 174 valence electrons. The van der Waals surface area contributed by atoms with E-state index < -0.39 is 10.8 Å². The highest BCUT2D eigenvalue weighted by atomic mass is 16.6. The number of hydrogen-bond donors (Lipinski definition) is 2. The third-order valence-corrected chi connectivity index (χ3v) is 5.69. The van der Waals surface area contributed by atoms with E-state index in [1.807, 2.05) is 26.0 Å². The lowest BCUT2D eigenvalue weighted by atomic mass is 10.1. The number of fused-ring (bicyclic) bond motifs is 1. The van der Waals surface area contributed by atoms with Gasteiger partial charge < -0.3 is 19.3 Å². The largest absolute Gasteiger partial charge is 0.507 e. The van der Waals surface area contributed by atoms with E-state index in [-0.39, 0.29) is 34.4 Å². The fourth-order valence-electron chi connectivity index (χ4n) is 3.72. The molecule has 1 amide bonds. The van der Waals surface area contributed by atoms with Gasteiger partial charge in [-0.3, -0.25) is 14.9 Å². The summed E-state index contributed by atoms with van der Waals surface area (Å²) in [6.07, 6.45) is 0. The molecular formula is C26H19N3O6. The number of nitrogens with one attached hydrogen (secondary N) is 1. The Kier molecular flexibility index (Phi) is 5.29. The predicted molar refractivity (Wildman–Crippen MR) is 129 cm³/mol. The third-order valence-electron chi connectivity index (χ3n) is 5.69. The number of furan rings is 1. The van der Waals surface area contributed by atoms with Crippen molar-refractivity contribution in [3.63, 3.8) is 0 Å². The molecule has 5 rings (SSSR count). The summed E-state index contributed by atoms with van der Waals surface area (Å²) in [5.41, 5.74) is 4.31. The fraction of sp³-hybridized carbons (Fsp3) is 0.0769. The fourth-order valence-corrected chi connectivity index (χ4v) is 3.72. The van der Waals surface area contributed by atoms with Gasteiger partial charge in [0.15, 0.2) is 11.3 Å². The number of nitrogens with zero attached hydrogens (tertiary/aromatic N) is 2. The number of amides is 1. The van der Waals surface area contributed by atoms with Crippen LogP contribution >= 0.6 is 0 Å². The van der Waals surface area contributed by atoms with Gasteiger partial charge in [-0.1, -0.05) is 12.1 Å². The lowest BCUT2D eigenvalue weighted by molar-refractivity contribution is -0.384. The Hall–Kier alpha value is -4.92. The summed E-state index contributed by atoms with van der Waals surface area (Å²) >= 11 is 0. The number of phenols is 1. The van der Waals surface area contributed by atoms with Crippen LogP contribution in [0, 0.1) is 24.0 Å². The molecule has 0 unspecified atom stereocenters. The van der Waals surface area contributed by atoms with Gasteiger partial charge in [0.05, 0.1) is 16.1 Å². The molecule has 0 aliphatic heterocycles. The Morgan fingerprint density at radius 1 is 0.971 bits per heavy atom. The van der Waals surface area contributed by atoms with E-state index in [2.05, 4.69) is 10.3 Å². The van der Waals surface area contributed by atoms with E-state index in [9.17, 15) is 20.0 Å². The van der Waals surface area contributed by atoms with Crippen molar-refractivity contribution >= 4 is 28.4 Å². The first-order valence-electron chi connectivity index (χ1n) is 10.7. The van der Waals surface area contributed by atoms with Gasteiger partial charge in [-0.2, -0.15) is 0 Å². The van der Waals surface area contributed by atoms with Gasteiger partial charge in [0.25, 0.3) is 11.6 Å². The first-order chi connectivity index (χ1) is 16.8. The summed E-state index contributed by atoms with van der Waals surface area (Å²) in [5.74, 6) is -0.272. The number of phenolic OH excluding ortho intramolecular Hbond substituents is 1. The zero-order valence-electron chi connectivity index (χ0n) is 18.7. The molecule has 0 bridgehead atoms. The molecule has 0 saturated carbocycles. The number of aromatic hydroxyl groups is 1. The van der Waals surface area contributed by atoms with Crippen LogP contribution in [0.25, 0.3) is 33.9 Å². The highest BCUT2D eigenvalue weighted by molar-refractivity contribution is 6.03. The smallest absolute Gasteiger partial charge is 0.291 e. The molecule has 35 heavy (non-hydrogen) atoms. The van der Waals surface area contributed by atoms with E-state index in [0.29, 0.717) is 22.4 Å². The number of benzene rings is 3. The van der Waals surface area contributed by atoms with Crippen LogP contribution < -0.4 is 5.32 Å². The minimum atomic E-state index is -0.574. The maximum absolute atomic E-state index is 12.7. The van der Waals surface area contributed by atoms with Crippen LogP contribution in [0.15, 0.2) is 75.6 Å². The van der Waals surface area contributed by atoms with E-state index in [0.717, 1.165) is 11.1 Å². The van der Waals surface area contributed by atoms with Gasteiger partial charge in [-0.05, 0) is 67.4 Å². The Balaban J connectivity index is 1.37. The number of nitro benzene ring substituents is 1. The molecular weight excluding hydrogens is 450 g/mol. The molecule has 2 N–H and O–H groups in total. The zero-order valence-corrected chi connectivity index (χ0v) is 18.7. The highest BCUT2D eigenvalue weighted by Crippen LogP contribution is 2.34. The summed E-state index contributed by atoms with van der Waals surface area (Å²) in [4.78, 5) is 27.9. The molecule has 0 atom stereocenters.